The Morgan fingerprint density at radius 2 is 2.00 bits per heavy atom. The molecule has 1 fully saturated rings. The molecule has 1 saturated heterocycles. The first kappa shape index (κ1) is 14.3. The molecule has 1 aliphatic heterocycles. The van der Waals surface area contributed by atoms with Gasteiger partial charge in [0.25, 0.3) is 5.56 Å². The Morgan fingerprint density at radius 1 is 1.21 bits per heavy atom. The van der Waals surface area contributed by atoms with Crippen LogP contribution in [0.1, 0.15) is 43.2 Å². The van der Waals surface area contributed by atoms with Crippen LogP contribution in [0, 0.1) is 0 Å². The van der Waals surface area contributed by atoms with Crippen molar-refractivity contribution in [2.75, 3.05) is 19.6 Å². The fraction of sp³-hybridized carbons (Fsp3) is 0.667. The van der Waals surface area contributed by atoms with Crippen molar-refractivity contribution in [2.24, 2.45) is 5.73 Å². The van der Waals surface area contributed by atoms with E-state index in [1.165, 1.54) is 24.8 Å². The average Bonchev–Trinajstić information content (AvgIpc) is 2.43. The Balaban J connectivity index is 2.05. The quantitative estimate of drug-likeness (QED) is 0.767. The molecule has 4 nitrogen and oxygen atoms in total. The van der Waals surface area contributed by atoms with Gasteiger partial charge < -0.3 is 10.7 Å². The molecule has 4 heteroatoms. The van der Waals surface area contributed by atoms with Gasteiger partial charge in [-0.05, 0) is 63.4 Å². The van der Waals surface area contributed by atoms with E-state index in [0.29, 0.717) is 6.54 Å². The lowest BCUT2D eigenvalue weighted by Crippen LogP contribution is -2.30. The molecule has 0 aliphatic carbocycles. The maximum Gasteiger partial charge on any atom is 0.251 e. The summed E-state index contributed by atoms with van der Waals surface area (Å²) in [5.41, 5.74) is 7.76. The number of nitrogens with one attached hydrogen (secondary N) is 1. The van der Waals surface area contributed by atoms with Crippen molar-refractivity contribution in [2.45, 2.75) is 45.1 Å². The van der Waals surface area contributed by atoms with E-state index in [-0.39, 0.29) is 5.56 Å². The molecule has 1 aromatic rings. The predicted molar refractivity (Wildman–Crippen MR) is 78.2 cm³/mol. The van der Waals surface area contributed by atoms with E-state index in [1.54, 1.807) is 6.20 Å². The lowest BCUT2D eigenvalue weighted by molar-refractivity contribution is 0.220. The van der Waals surface area contributed by atoms with Crippen LogP contribution < -0.4 is 11.3 Å². The average molecular weight is 263 g/mol. The minimum atomic E-state index is 0.0755. The van der Waals surface area contributed by atoms with Crippen molar-refractivity contribution >= 4 is 0 Å². The maximum atomic E-state index is 12.0. The van der Waals surface area contributed by atoms with Gasteiger partial charge in [-0.25, -0.2) is 0 Å². The molecule has 0 aromatic carbocycles. The molecule has 1 aromatic heterocycles. The molecule has 0 radical (unpaired) electrons. The van der Waals surface area contributed by atoms with E-state index in [1.807, 2.05) is 0 Å². The Morgan fingerprint density at radius 3 is 2.74 bits per heavy atom. The van der Waals surface area contributed by atoms with Gasteiger partial charge in [0.1, 0.15) is 0 Å². The third-order valence-corrected chi connectivity index (χ3v) is 3.88. The van der Waals surface area contributed by atoms with Crippen molar-refractivity contribution in [3.05, 3.63) is 33.7 Å². The molecule has 0 atom stereocenters. The number of nitrogens with two attached hydrogens (primary N) is 1. The molecule has 2 rings (SSSR count). The minimum Gasteiger partial charge on any atom is -0.330 e. The third-order valence-electron chi connectivity index (χ3n) is 3.88. The standard InChI is InChI=1S/C15H25N3O/c16-8-3-2-6-14-13(7-9-17-15(14)19)12-18-10-4-1-5-11-18/h7,9H,1-6,8,10-12,16H2,(H,17,19). The monoisotopic (exact) mass is 263 g/mol. The fourth-order valence-corrected chi connectivity index (χ4v) is 2.78. The van der Waals surface area contributed by atoms with Crippen LogP contribution >= 0.6 is 0 Å². The topological polar surface area (TPSA) is 62.1 Å². The number of piperidine rings is 1. The number of likely N-dealkylation sites (tertiary alicyclic amines) is 1. The highest BCUT2D eigenvalue weighted by molar-refractivity contribution is 5.23. The number of unbranched alkanes of at least 4 members (excludes halogenated alkanes) is 1. The molecule has 3 N–H and O–H groups in total. The zero-order valence-electron chi connectivity index (χ0n) is 11.7. The predicted octanol–water partition coefficient (Wildman–Crippen LogP) is 1.64. The number of aromatic nitrogens is 1. The van der Waals surface area contributed by atoms with Crippen molar-refractivity contribution in [1.82, 2.24) is 9.88 Å². The van der Waals surface area contributed by atoms with Crippen LogP contribution in [0.15, 0.2) is 17.1 Å². The zero-order chi connectivity index (χ0) is 13.5. The van der Waals surface area contributed by atoms with Crippen LogP contribution in [-0.4, -0.2) is 29.5 Å². The summed E-state index contributed by atoms with van der Waals surface area (Å²) in [7, 11) is 0. The Labute approximate surface area is 115 Å². The SMILES string of the molecule is NCCCCc1c(CN2CCCCC2)cc[nH]c1=O. The highest BCUT2D eigenvalue weighted by Gasteiger charge is 2.13. The summed E-state index contributed by atoms with van der Waals surface area (Å²) in [5, 5.41) is 0. The summed E-state index contributed by atoms with van der Waals surface area (Å²) in [6, 6.07) is 2.06. The van der Waals surface area contributed by atoms with Gasteiger partial charge in [-0.3, -0.25) is 9.69 Å². The molecule has 106 valence electrons. The Kier molecular flexibility index (Phi) is 5.61. The largest absolute Gasteiger partial charge is 0.330 e. The van der Waals surface area contributed by atoms with Crippen molar-refractivity contribution < 1.29 is 0 Å². The second-order valence-electron chi connectivity index (χ2n) is 5.39. The second kappa shape index (κ2) is 7.46. The van der Waals surface area contributed by atoms with Crippen molar-refractivity contribution in [3.63, 3.8) is 0 Å². The van der Waals surface area contributed by atoms with E-state index >= 15 is 0 Å². The lowest BCUT2D eigenvalue weighted by atomic mass is 10.0. The minimum absolute atomic E-state index is 0.0755. The molecular weight excluding hydrogens is 238 g/mol. The Bertz CT molecular complexity index is 435. The third kappa shape index (κ3) is 4.18. The van der Waals surface area contributed by atoms with Crippen molar-refractivity contribution in [3.8, 4) is 0 Å². The lowest BCUT2D eigenvalue weighted by Gasteiger charge is -2.27. The second-order valence-corrected chi connectivity index (χ2v) is 5.39. The first-order valence-electron chi connectivity index (χ1n) is 7.43. The number of nitrogens with zero attached hydrogens (tertiary/aromatic N) is 1. The normalized spacial score (nSPS) is 16.7. The van der Waals surface area contributed by atoms with Crippen LogP contribution in [0.4, 0.5) is 0 Å². The van der Waals surface area contributed by atoms with Crippen LogP contribution in [0.2, 0.25) is 0 Å². The number of hydrogen-bond donors (Lipinski definition) is 2. The summed E-state index contributed by atoms with van der Waals surface area (Å²) < 4.78 is 0. The van der Waals surface area contributed by atoms with Crippen LogP contribution in [-0.2, 0) is 13.0 Å². The molecule has 0 unspecified atom stereocenters. The van der Waals surface area contributed by atoms with Crippen LogP contribution in [0.3, 0.4) is 0 Å². The Hall–Kier alpha value is -1.13. The number of pyridine rings is 1. The van der Waals surface area contributed by atoms with Gasteiger partial charge >= 0.3 is 0 Å². The number of aromatic amines is 1. The van der Waals surface area contributed by atoms with E-state index in [2.05, 4.69) is 16.0 Å². The van der Waals surface area contributed by atoms with E-state index in [9.17, 15) is 4.79 Å². The highest BCUT2D eigenvalue weighted by atomic mass is 16.1. The summed E-state index contributed by atoms with van der Waals surface area (Å²) in [6.45, 7) is 3.94. The number of rotatable bonds is 6. The van der Waals surface area contributed by atoms with Gasteiger partial charge in [-0.15, -0.1) is 0 Å². The smallest absolute Gasteiger partial charge is 0.251 e. The molecular formula is C15H25N3O. The molecule has 0 spiro atoms. The van der Waals surface area contributed by atoms with E-state index in [4.69, 9.17) is 5.73 Å². The fourth-order valence-electron chi connectivity index (χ4n) is 2.78. The molecule has 0 saturated carbocycles. The summed E-state index contributed by atoms with van der Waals surface area (Å²) in [6.07, 6.45) is 8.51. The van der Waals surface area contributed by atoms with Gasteiger partial charge in [-0.2, -0.15) is 0 Å². The maximum absolute atomic E-state index is 12.0. The first-order valence-corrected chi connectivity index (χ1v) is 7.43. The summed E-state index contributed by atoms with van der Waals surface area (Å²) in [4.78, 5) is 17.2. The van der Waals surface area contributed by atoms with E-state index in [0.717, 1.165) is 44.5 Å². The van der Waals surface area contributed by atoms with Gasteiger partial charge in [0.2, 0.25) is 0 Å². The summed E-state index contributed by atoms with van der Waals surface area (Å²) >= 11 is 0. The molecule has 1 aliphatic rings. The van der Waals surface area contributed by atoms with Crippen LogP contribution in [0.5, 0.6) is 0 Å². The van der Waals surface area contributed by atoms with Crippen molar-refractivity contribution in [1.29, 1.82) is 0 Å². The highest BCUT2D eigenvalue weighted by Crippen LogP contribution is 2.15. The van der Waals surface area contributed by atoms with Gasteiger partial charge in [0.05, 0.1) is 0 Å². The zero-order valence-corrected chi connectivity index (χ0v) is 11.7. The molecule has 0 amide bonds. The molecule has 2 heterocycles. The molecule has 0 bridgehead atoms. The van der Waals surface area contributed by atoms with Crippen LogP contribution in [0.25, 0.3) is 0 Å². The summed E-state index contributed by atoms with van der Waals surface area (Å²) in [5.74, 6) is 0. The van der Waals surface area contributed by atoms with Gasteiger partial charge in [0.15, 0.2) is 0 Å². The first-order chi connectivity index (χ1) is 9.31. The molecule has 19 heavy (non-hydrogen) atoms. The van der Waals surface area contributed by atoms with Gasteiger partial charge in [-0.1, -0.05) is 6.42 Å². The van der Waals surface area contributed by atoms with Gasteiger partial charge in [0, 0.05) is 18.3 Å². The number of hydrogen-bond acceptors (Lipinski definition) is 3. The van der Waals surface area contributed by atoms with E-state index < -0.39 is 0 Å². The number of H-pyrrole nitrogens is 1.